The molecule has 28 heavy (non-hydrogen) atoms. The molecule has 1 atom stereocenters. The van der Waals surface area contributed by atoms with E-state index >= 15 is 0 Å². The van der Waals surface area contributed by atoms with Crippen molar-refractivity contribution in [1.82, 2.24) is 4.13 Å². The number of sulfonamides is 2. The van der Waals surface area contributed by atoms with Gasteiger partial charge in [0.2, 0.25) is 0 Å². The molecule has 0 radical (unpaired) electrons. The van der Waals surface area contributed by atoms with Crippen molar-refractivity contribution < 1.29 is 35.8 Å². The summed E-state index contributed by atoms with van der Waals surface area (Å²) in [4.78, 5) is 9.45. The van der Waals surface area contributed by atoms with Crippen LogP contribution in [0.25, 0.3) is 0 Å². The van der Waals surface area contributed by atoms with Gasteiger partial charge in [-0.3, -0.25) is 0 Å². The van der Waals surface area contributed by atoms with Gasteiger partial charge in [0.15, 0.2) is 10.4 Å². The number of rotatable bonds is 14. The van der Waals surface area contributed by atoms with Gasteiger partial charge >= 0.3 is 5.97 Å². The number of hydrogen-bond donors (Lipinski definition) is 1. The summed E-state index contributed by atoms with van der Waals surface area (Å²) in [6.45, 7) is 12.3. The van der Waals surface area contributed by atoms with Crippen molar-refractivity contribution in [2.45, 2.75) is 76.8 Å². The van der Waals surface area contributed by atoms with Gasteiger partial charge in [-0.15, -0.1) is 4.13 Å². The second kappa shape index (κ2) is 10.7. The first-order valence-corrected chi connectivity index (χ1v) is 12.0. The first-order valence-electron chi connectivity index (χ1n) is 8.98. The van der Waals surface area contributed by atoms with Crippen LogP contribution in [0.3, 0.4) is 0 Å². The van der Waals surface area contributed by atoms with E-state index in [0.29, 0.717) is 6.42 Å². The highest BCUT2D eigenvalue weighted by atomic mass is 32.3. The normalized spacial score (nSPS) is 14.5. The minimum Gasteiger partial charge on any atom is -0.456 e. The molecule has 0 saturated heterocycles. The molecule has 0 heterocycles. The molecule has 11 heteroatoms. The molecule has 9 nitrogen and oxygen atoms in total. The van der Waals surface area contributed by atoms with Crippen molar-refractivity contribution in [2.75, 3.05) is 13.2 Å². The SMILES string of the molecule is C=CC(=O)OC(C)(C)CCOC(C)(C)S(=O)(=O)NS(=O)(=O)C(C)OCCCC. The maximum Gasteiger partial charge on any atom is 0.330 e. The molecule has 0 aromatic heterocycles. The second-order valence-corrected chi connectivity index (χ2v) is 11.7. The van der Waals surface area contributed by atoms with Gasteiger partial charge in [0.25, 0.3) is 20.0 Å². The Morgan fingerprint density at radius 1 is 1.14 bits per heavy atom. The third-order valence-electron chi connectivity index (χ3n) is 3.86. The van der Waals surface area contributed by atoms with Crippen LogP contribution in [0.4, 0.5) is 0 Å². The van der Waals surface area contributed by atoms with E-state index in [1.807, 2.05) is 6.92 Å². The van der Waals surface area contributed by atoms with Crippen molar-refractivity contribution in [2.24, 2.45) is 0 Å². The molecule has 0 fully saturated rings. The van der Waals surface area contributed by atoms with Crippen LogP contribution in [-0.4, -0.2) is 52.0 Å². The van der Waals surface area contributed by atoms with E-state index in [4.69, 9.17) is 14.2 Å². The maximum absolute atomic E-state index is 12.5. The summed E-state index contributed by atoms with van der Waals surface area (Å²) >= 11 is 0. The van der Waals surface area contributed by atoms with Crippen LogP contribution >= 0.6 is 0 Å². The van der Waals surface area contributed by atoms with Crippen LogP contribution in [0.5, 0.6) is 0 Å². The van der Waals surface area contributed by atoms with Gasteiger partial charge in [0, 0.05) is 19.1 Å². The third kappa shape index (κ3) is 8.99. The molecule has 0 amide bonds. The molecule has 0 aromatic rings. The quantitative estimate of drug-likeness (QED) is 0.246. The lowest BCUT2D eigenvalue weighted by Gasteiger charge is -2.29. The zero-order valence-electron chi connectivity index (χ0n) is 17.5. The van der Waals surface area contributed by atoms with Gasteiger partial charge in [-0.2, -0.15) is 0 Å². The van der Waals surface area contributed by atoms with Gasteiger partial charge in [-0.25, -0.2) is 21.6 Å². The standard InChI is InChI=1S/C17H33NO8S2/c1-8-10-12-24-14(3)27(20,21)18-28(22,23)17(6,7)25-13-11-16(4,5)26-15(19)9-2/h9,14,18H,2,8,10-13H2,1,3-7H3. The summed E-state index contributed by atoms with van der Waals surface area (Å²) in [7, 11) is -8.68. The Morgan fingerprint density at radius 2 is 1.71 bits per heavy atom. The predicted octanol–water partition coefficient (Wildman–Crippen LogP) is 2.05. The summed E-state index contributed by atoms with van der Waals surface area (Å²) in [5.74, 6) is -0.610. The zero-order valence-corrected chi connectivity index (χ0v) is 19.1. The number of nitrogens with one attached hydrogen (secondary N) is 1. The van der Waals surface area contributed by atoms with E-state index in [1.165, 1.54) is 20.8 Å². The minimum atomic E-state index is -4.40. The second-order valence-electron chi connectivity index (χ2n) is 7.31. The van der Waals surface area contributed by atoms with E-state index < -0.39 is 42.0 Å². The monoisotopic (exact) mass is 443 g/mol. The highest BCUT2D eigenvalue weighted by molar-refractivity contribution is 8.05. The number of carbonyl (C=O) groups excluding carboxylic acids is 1. The van der Waals surface area contributed by atoms with Gasteiger partial charge in [0.1, 0.15) is 5.60 Å². The van der Waals surface area contributed by atoms with Crippen molar-refractivity contribution in [1.29, 1.82) is 0 Å². The Hall–Kier alpha value is -1.01. The van der Waals surface area contributed by atoms with Gasteiger partial charge in [0.05, 0.1) is 6.61 Å². The molecule has 0 aliphatic carbocycles. The Kier molecular flexibility index (Phi) is 10.3. The zero-order chi connectivity index (χ0) is 22.2. The molecule has 1 unspecified atom stereocenters. The highest BCUT2D eigenvalue weighted by Crippen LogP contribution is 2.22. The molecule has 0 spiro atoms. The van der Waals surface area contributed by atoms with Crippen molar-refractivity contribution in [3.05, 3.63) is 12.7 Å². The lowest BCUT2D eigenvalue weighted by atomic mass is 10.1. The molecule has 0 aromatic carbocycles. The lowest BCUT2D eigenvalue weighted by Crippen LogP contribution is -2.49. The number of hydrogen-bond acceptors (Lipinski definition) is 8. The van der Waals surface area contributed by atoms with E-state index in [-0.39, 0.29) is 19.6 Å². The summed E-state index contributed by atoms with van der Waals surface area (Å²) < 4.78 is 66.9. The molecule has 0 aliphatic heterocycles. The minimum absolute atomic E-state index is 0.0894. The highest BCUT2D eigenvalue weighted by Gasteiger charge is 2.40. The van der Waals surface area contributed by atoms with Crippen LogP contribution < -0.4 is 4.13 Å². The molecule has 0 saturated carbocycles. The van der Waals surface area contributed by atoms with E-state index in [9.17, 15) is 21.6 Å². The Balaban J connectivity index is 4.95. The van der Waals surface area contributed by atoms with Crippen LogP contribution in [-0.2, 0) is 39.1 Å². The van der Waals surface area contributed by atoms with Crippen LogP contribution in [0, 0.1) is 0 Å². The number of ether oxygens (including phenoxy) is 3. The largest absolute Gasteiger partial charge is 0.456 e. The van der Waals surface area contributed by atoms with Crippen LogP contribution in [0.15, 0.2) is 12.7 Å². The predicted molar refractivity (Wildman–Crippen MR) is 106 cm³/mol. The molecular formula is C17H33NO8S2. The van der Waals surface area contributed by atoms with Crippen molar-refractivity contribution >= 4 is 26.0 Å². The Labute approximate surface area is 168 Å². The maximum atomic E-state index is 12.5. The number of carbonyl (C=O) groups is 1. The first kappa shape index (κ1) is 27.0. The fourth-order valence-corrected chi connectivity index (χ4v) is 4.87. The van der Waals surface area contributed by atoms with Gasteiger partial charge in [-0.05, 0) is 41.0 Å². The molecule has 0 aliphatic rings. The number of esters is 1. The van der Waals surface area contributed by atoms with E-state index in [0.717, 1.165) is 12.5 Å². The molecule has 0 bridgehead atoms. The molecular weight excluding hydrogens is 410 g/mol. The average Bonchev–Trinajstić information content (AvgIpc) is 2.52. The summed E-state index contributed by atoms with van der Waals surface area (Å²) in [5.41, 5.74) is -2.24. The fourth-order valence-electron chi connectivity index (χ4n) is 1.79. The molecule has 166 valence electrons. The Morgan fingerprint density at radius 3 is 2.21 bits per heavy atom. The molecule has 0 rings (SSSR count). The molecule has 1 N–H and O–H groups in total. The summed E-state index contributed by atoms with van der Waals surface area (Å²) in [5, 5.41) is 0. The summed E-state index contributed by atoms with van der Waals surface area (Å²) in [6, 6.07) is 0. The van der Waals surface area contributed by atoms with Crippen LogP contribution in [0.1, 0.15) is 60.8 Å². The lowest BCUT2D eigenvalue weighted by molar-refractivity contribution is -0.152. The first-order chi connectivity index (χ1) is 12.6. The van der Waals surface area contributed by atoms with Crippen molar-refractivity contribution in [3.63, 3.8) is 0 Å². The summed E-state index contributed by atoms with van der Waals surface area (Å²) in [6.07, 6.45) is 2.69. The van der Waals surface area contributed by atoms with Crippen LogP contribution in [0.2, 0.25) is 0 Å². The fraction of sp³-hybridized carbons (Fsp3) is 0.824. The van der Waals surface area contributed by atoms with Crippen molar-refractivity contribution in [3.8, 4) is 0 Å². The average molecular weight is 444 g/mol. The van der Waals surface area contributed by atoms with Gasteiger partial charge in [-0.1, -0.05) is 19.9 Å². The van der Waals surface area contributed by atoms with E-state index in [2.05, 4.69) is 6.58 Å². The number of unbranched alkanes of at least 4 members (excludes halogenated alkanes) is 1. The van der Waals surface area contributed by atoms with E-state index in [1.54, 1.807) is 18.0 Å². The Bertz CT molecular complexity index is 726. The topological polar surface area (TPSA) is 125 Å². The smallest absolute Gasteiger partial charge is 0.330 e. The van der Waals surface area contributed by atoms with Gasteiger partial charge < -0.3 is 14.2 Å². The third-order valence-corrected chi connectivity index (χ3v) is 8.09.